The van der Waals surface area contributed by atoms with E-state index in [0.29, 0.717) is 0 Å². The maximum Gasteiger partial charge on any atom is 0.316 e. The third-order valence-corrected chi connectivity index (χ3v) is 4.79. The molecule has 2 aromatic rings. The summed E-state index contributed by atoms with van der Waals surface area (Å²) in [4.78, 5) is 12.3. The fourth-order valence-corrected chi connectivity index (χ4v) is 3.30. The van der Waals surface area contributed by atoms with Crippen molar-refractivity contribution in [3.05, 3.63) is 69.3 Å². The lowest BCUT2D eigenvalue weighted by atomic mass is 9.91. The molecule has 2 atom stereocenters. The number of hydrogen-bond donors (Lipinski definition) is 0. The van der Waals surface area contributed by atoms with Crippen LogP contribution in [0.2, 0.25) is 0 Å². The molecule has 0 spiro atoms. The lowest BCUT2D eigenvalue weighted by Gasteiger charge is -2.16. The first-order valence-electron chi connectivity index (χ1n) is 6.58. The molecule has 1 aliphatic carbocycles. The van der Waals surface area contributed by atoms with Crippen LogP contribution >= 0.6 is 22.6 Å². The van der Waals surface area contributed by atoms with E-state index in [1.165, 1.54) is 16.2 Å². The minimum absolute atomic E-state index is 0.132. The second-order valence-corrected chi connectivity index (χ2v) is 6.38. The summed E-state index contributed by atoms with van der Waals surface area (Å²) in [5, 5.41) is 0. The number of carbonyl (C=O) groups excluding carboxylic acids is 1. The Kier molecular flexibility index (Phi) is 3.54. The molecule has 102 valence electrons. The summed E-state index contributed by atoms with van der Waals surface area (Å²) in [7, 11) is 1.47. The van der Waals surface area contributed by atoms with Gasteiger partial charge in [-0.2, -0.15) is 0 Å². The molecule has 2 nitrogen and oxygen atoms in total. The number of carbonyl (C=O) groups is 1. The summed E-state index contributed by atoms with van der Waals surface area (Å²) in [5.41, 5.74) is 1.76. The van der Waals surface area contributed by atoms with Gasteiger partial charge in [0.15, 0.2) is 0 Å². The largest absolute Gasteiger partial charge is 0.468 e. The molecule has 1 saturated carbocycles. The van der Waals surface area contributed by atoms with Gasteiger partial charge in [-0.25, -0.2) is 0 Å². The number of esters is 1. The molecule has 0 unspecified atom stereocenters. The smallest absolute Gasteiger partial charge is 0.316 e. The van der Waals surface area contributed by atoms with Crippen LogP contribution in [-0.2, 0) is 14.9 Å². The van der Waals surface area contributed by atoms with E-state index in [2.05, 4.69) is 34.7 Å². The van der Waals surface area contributed by atoms with Crippen LogP contribution in [0.5, 0.6) is 0 Å². The van der Waals surface area contributed by atoms with Gasteiger partial charge in [0.1, 0.15) is 5.41 Å². The molecule has 0 aliphatic heterocycles. The average molecular weight is 378 g/mol. The molecule has 0 bridgehead atoms. The van der Waals surface area contributed by atoms with Gasteiger partial charge in [-0.3, -0.25) is 4.79 Å². The van der Waals surface area contributed by atoms with Crippen molar-refractivity contribution in [2.75, 3.05) is 7.11 Å². The molecular weight excluding hydrogens is 363 g/mol. The summed E-state index contributed by atoms with van der Waals surface area (Å²) in [6.07, 6.45) is 0.824. The topological polar surface area (TPSA) is 26.3 Å². The Hall–Kier alpha value is -1.36. The molecule has 1 aliphatic rings. The van der Waals surface area contributed by atoms with Crippen molar-refractivity contribution in [2.45, 2.75) is 17.8 Å². The van der Waals surface area contributed by atoms with Gasteiger partial charge in [-0.05, 0) is 52.3 Å². The Morgan fingerprint density at radius 3 is 2.40 bits per heavy atom. The van der Waals surface area contributed by atoms with E-state index in [1.54, 1.807) is 0 Å². The monoisotopic (exact) mass is 378 g/mol. The fraction of sp³-hybridized carbons (Fsp3) is 0.235. The molecule has 3 heteroatoms. The van der Waals surface area contributed by atoms with Crippen molar-refractivity contribution in [1.29, 1.82) is 0 Å². The summed E-state index contributed by atoms with van der Waals surface area (Å²) >= 11 is 2.27. The molecular formula is C17H15IO2. The van der Waals surface area contributed by atoms with Crippen LogP contribution in [0.25, 0.3) is 0 Å². The van der Waals surface area contributed by atoms with Crippen LogP contribution in [0.15, 0.2) is 54.6 Å². The number of halogens is 1. The fourth-order valence-electron chi connectivity index (χ4n) is 2.94. The lowest BCUT2D eigenvalue weighted by molar-refractivity contribution is -0.143. The van der Waals surface area contributed by atoms with E-state index in [4.69, 9.17) is 4.74 Å². The Bertz CT molecular complexity index is 621. The van der Waals surface area contributed by atoms with E-state index in [0.717, 1.165) is 12.0 Å². The third kappa shape index (κ3) is 2.14. The van der Waals surface area contributed by atoms with Gasteiger partial charge in [-0.15, -0.1) is 0 Å². The van der Waals surface area contributed by atoms with Crippen LogP contribution in [0.1, 0.15) is 23.5 Å². The van der Waals surface area contributed by atoms with Gasteiger partial charge >= 0.3 is 5.97 Å². The Balaban J connectivity index is 2.01. The second kappa shape index (κ2) is 5.20. The first-order chi connectivity index (χ1) is 9.68. The SMILES string of the molecule is COC(=O)[C@]1(c2ccc(I)cc2)C[C@H]1c1ccccc1. The summed E-state index contributed by atoms with van der Waals surface area (Å²) in [6, 6.07) is 18.4. The van der Waals surface area contributed by atoms with Crippen molar-refractivity contribution in [1.82, 2.24) is 0 Å². The lowest BCUT2D eigenvalue weighted by Crippen LogP contribution is -2.24. The number of ether oxygens (including phenoxy) is 1. The Labute approximate surface area is 132 Å². The van der Waals surface area contributed by atoms with Gasteiger partial charge < -0.3 is 4.74 Å². The molecule has 0 N–H and O–H groups in total. The van der Waals surface area contributed by atoms with E-state index >= 15 is 0 Å². The molecule has 0 saturated heterocycles. The zero-order valence-electron chi connectivity index (χ0n) is 11.2. The zero-order chi connectivity index (χ0) is 14.2. The number of hydrogen-bond acceptors (Lipinski definition) is 2. The van der Waals surface area contributed by atoms with Gasteiger partial charge in [0, 0.05) is 9.49 Å². The molecule has 0 aromatic heterocycles. The Morgan fingerprint density at radius 1 is 1.15 bits per heavy atom. The zero-order valence-corrected chi connectivity index (χ0v) is 13.3. The van der Waals surface area contributed by atoms with Crippen molar-refractivity contribution >= 4 is 28.6 Å². The van der Waals surface area contributed by atoms with Crippen LogP contribution in [-0.4, -0.2) is 13.1 Å². The molecule has 0 amide bonds. The van der Waals surface area contributed by atoms with Gasteiger partial charge in [-0.1, -0.05) is 42.5 Å². The highest BCUT2D eigenvalue weighted by Crippen LogP contribution is 2.61. The molecule has 0 heterocycles. The van der Waals surface area contributed by atoms with Crippen LogP contribution in [0.3, 0.4) is 0 Å². The first kappa shape index (κ1) is 13.6. The quantitative estimate of drug-likeness (QED) is 0.599. The van der Waals surface area contributed by atoms with Crippen LogP contribution in [0, 0.1) is 3.57 Å². The number of rotatable bonds is 3. The van der Waals surface area contributed by atoms with Gasteiger partial charge in [0.2, 0.25) is 0 Å². The summed E-state index contributed by atoms with van der Waals surface area (Å²) in [5.74, 6) is 0.0868. The minimum Gasteiger partial charge on any atom is -0.468 e. The maximum atomic E-state index is 12.3. The predicted octanol–water partition coefficient (Wildman–Crippen LogP) is 3.89. The van der Waals surface area contributed by atoms with Gasteiger partial charge in [0.05, 0.1) is 7.11 Å². The molecule has 3 rings (SSSR count). The van der Waals surface area contributed by atoms with Crippen LogP contribution < -0.4 is 0 Å². The van der Waals surface area contributed by atoms with E-state index in [-0.39, 0.29) is 11.9 Å². The number of benzene rings is 2. The maximum absolute atomic E-state index is 12.3. The van der Waals surface area contributed by atoms with E-state index in [9.17, 15) is 4.79 Å². The second-order valence-electron chi connectivity index (χ2n) is 5.14. The predicted molar refractivity (Wildman–Crippen MR) is 86.7 cm³/mol. The summed E-state index contributed by atoms with van der Waals surface area (Å²) < 4.78 is 6.24. The molecule has 1 fully saturated rings. The van der Waals surface area contributed by atoms with Crippen LogP contribution in [0.4, 0.5) is 0 Å². The highest BCUT2D eigenvalue weighted by molar-refractivity contribution is 14.1. The molecule has 2 aromatic carbocycles. The van der Waals surface area contributed by atoms with Crippen molar-refractivity contribution in [3.63, 3.8) is 0 Å². The summed E-state index contributed by atoms with van der Waals surface area (Å²) in [6.45, 7) is 0. The van der Waals surface area contributed by atoms with Crippen molar-refractivity contribution in [3.8, 4) is 0 Å². The highest BCUT2D eigenvalue weighted by Gasteiger charge is 2.62. The van der Waals surface area contributed by atoms with Crippen molar-refractivity contribution < 1.29 is 9.53 Å². The standard InChI is InChI=1S/C17H15IO2/c1-20-16(19)17(13-7-9-14(18)10-8-13)11-15(17)12-5-3-2-4-6-12/h2-10,15H,11H2,1H3/t15-,17-/m0/s1. The van der Waals surface area contributed by atoms with Gasteiger partial charge in [0.25, 0.3) is 0 Å². The molecule has 20 heavy (non-hydrogen) atoms. The average Bonchev–Trinajstić information content (AvgIpc) is 3.25. The first-order valence-corrected chi connectivity index (χ1v) is 7.66. The number of methoxy groups -OCH3 is 1. The molecule has 0 radical (unpaired) electrons. The third-order valence-electron chi connectivity index (χ3n) is 4.07. The minimum atomic E-state index is -0.500. The Morgan fingerprint density at radius 2 is 1.80 bits per heavy atom. The van der Waals surface area contributed by atoms with Crippen molar-refractivity contribution in [2.24, 2.45) is 0 Å². The van der Waals surface area contributed by atoms with E-state index in [1.807, 2.05) is 42.5 Å². The normalized spacial score (nSPS) is 24.2. The van der Waals surface area contributed by atoms with E-state index < -0.39 is 5.41 Å². The highest BCUT2D eigenvalue weighted by atomic mass is 127.